The van der Waals surface area contributed by atoms with Crippen LogP contribution in [0, 0.1) is 0 Å². The highest BCUT2D eigenvalue weighted by Crippen LogP contribution is 2.27. The van der Waals surface area contributed by atoms with Gasteiger partial charge in [0, 0.05) is 17.1 Å². The zero-order valence-corrected chi connectivity index (χ0v) is 14.7. The fourth-order valence-corrected chi connectivity index (χ4v) is 2.99. The van der Waals surface area contributed by atoms with E-state index >= 15 is 0 Å². The van der Waals surface area contributed by atoms with Crippen molar-refractivity contribution in [3.05, 3.63) is 61.3 Å². The molecule has 0 saturated carbocycles. The standard InChI is InChI=1S/C16H17BrN2O6/c17-10-2-1-3-11(4-10)24-8-9-6-19(16(23)18-15(9)22)14-5-12(21)13(7-20)25-14/h1-4,6,12-14,20-21H,5,7-8H2,(H,18,22,23)/t12-,13+,14+/m0/s1. The van der Waals surface area contributed by atoms with Crippen LogP contribution in [0.1, 0.15) is 18.2 Å². The van der Waals surface area contributed by atoms with Gasteiger partial charge in [-0.15, -0.1) is 0 Å². The minimum absolute atomic E-state index is 0.0369. The van der Waals surface area contributed by atoms with E-state index in [9.17, 15) is 14.7 Å². The molecule has 0 radical (unpaired) electrons. The first kappa shape index (κ1) is 17.9. The van der Waals surface area contributed by atoms with E-state index in [2.05, 4.69) is 20.9 Å². The number of hydrogen-bond acceptors (Lipinski definition) is 6. The van der Waals surface area contributed by atoms with E-state index in [0.717, 1.165) is 4.47 Å². The molecule has 1 saturated heterocycles. The molecular formula is C16H17BrN2O6. The maximum absolute atomic E-state index is 12.0. The van der Waals surface area contributed by atoms with Gasteiger partial charge in [0.25, 0.3) is 5.56 Å². The molecule has 0 unspecified atom stereocenters. The first-order chi connectivity index (χ1) is 12.0. The lowest BCUT2D eigenvalue weighted by molar-refractivity contribution is -0.0460. The molecule has 3 rings (SSSR count). The van der Waals surface area contributed by atoms with Crippen molar-refractivity contribution in [1.29, 1.82) is 0 Å². The lowest BCUT2D eigenvalue weighted by Gasteiger charge is -2.15. The Hall–Kier alpha value is -1.94. The molecule has 1 fully saturated rings. The number of aliphatic hydroxyl groups is 2. The Morgan fingerprint density at radius 1 is 1.40 bits per heavy atom. The fraction of sp³-hybridized carbons (Fsp3) is 0.375. The second kappa shape index (κ2) is 7.52. The largest absolute Gasteiger partial charge is 0.489 e. The van der Waals surface area contributed by atoms with Gasteiger partial charge >= 0.3 is 5.69 Å². The van der Waals surface area contributed by atoms with E-state index in [1.807, 2.05) is 6.07 Å². The van der Waals surface area contributed by atoms with Gasteiger partial charge in [0.2, 0.25) is 0 Å². The molecule has 3 atom stereocenters. The topological polar surface area (TPSA) is 114 Å². The predicted molar refractivity (Wildman–Crippen MR) is 91.4 cm³/mol. The third-order valence-electron chi connectivity index (χ3n) is 3.93. The summed E-state index contributed by atoms with van der Waals surface area (Å²) in [5.74, 6) is 0.569. The van der Waals surface area contributed by atoms with E-state index in [0.29, 0.717) is 5.75 Å². The monoisotopic (exact) mass is 412 g/mol. The summed E-state index contributed by atoms with van der Waals surface area (Å²) in [4.78, 5) is 26.2. The van der Waals surface area contributed by atoms with Gasteiger partial charge in [0.15, 0.2) is 0 Å². The summed E-state index contributed by atoms with van der Waals surface area (Å²) < 4.78 is 13.1. The fourth-order valence-electron chi connectivity index (χ4n) is 2.61. The Bertz CT molecular complexity index is 864. The number of hydrogen-bond donors (Lipinski definition) is 3. The van der Waals surface area contributed by atoms with Gasteiger partial charge in [-0.25, -0.2) is 4.79 Å². The molecule has 2 aromatic rings. The van der Waals surface area contributed by atoms with E-state index in [4.69, 9.17) is 14.6 Å². The third kappa shape index (κ3) is 4.01. The number of nitrogens with zero attached hydrogens (tertiary/aromatic N) is 1. The highest BCUT2D eigenvalue weighted by Gasteiger charge is 2.35. The zero-order chi connectivity index (χ0) is 18.0. The Labute approximate surface area is 150 Å². The van der Waals surface area contributed by atoms with Crippen molar-refractivity contribution in [3.63, 3.8) is 0 Å². The first-order valence-electron chi connectivity index (χ1n) is 7.65. The Kier molecular flexibility index (Phi) is 5.38. The van der Waals surface area contributed by atoms with Crippen LogP contribution in [0.2, 0.25) is 0 Å². The maximum atomic E-state index is 12.0. The summed E-state index contributed by atoms with van der Waals surface area (Å²) in [6.45, 7) is -0.389. The van der Waals surface area contributed by atoms with Crippen LogP contribution in [0.4, 0.5) is 0 Å². The van der Waals surface area contributed by atoms with Crippen LogP contribution < -0.4 is 16.0 Å². The molecule has 1 aliphatic heterocycles. The molecule has 0 amide bonds. The molecule has 1 aromatic heterocycles. The van der Waals surface area contributed by atoms with Gasteiger partial charge in [-0.2, -0.15) is 0 Å². The molecular weight excluding hydrogens is 396 g/mol. The van der Waals surface area contributed by atoms with Gasteiger partial charge in [-0.05, 0) is 18.2 Å². The quantitative estimate of drug-likeness (QED) is 0.659. The third-order valence-corrected chi connectivity index (χ3v) is 4.42. The zero-order valence-electron chi connectivity index (χ0n) is 13.1. The molecule has 1 aliphatic rings. The van der Waals surface area contributed by atoms with Crippen LogP contribution in [0.15, 0.2) is 44.5 Å². The summed E-state index contributed by atoms with van der Waals surface area (Å²) in [7, 11) is 0. The average molecular weight is 413 g/mol. The van der Waals surface area contributed by atoms with Crippen molar-refractivity contribution in [2.24, 2.45) is 0 Å². The number of aromatic amines is 1. The average Bonchev–Trinajstić information content (AvgIpc) is 2.95. The number of ether oxygens (including phenoxy) is 2. The molecule has 2 heterocycles. The number of aromatic nitrogens is 2. The Balaban J connectivity index is 1.81. The Morgan fingerprint density at radius 3 is 2.88 bits per heavy atom. The van der Waals surface area contributed by atoms with E-state index in [1.54, 1.807) is 18.2 Å². The van der Waals surface area contributed by atoms with E-state index < -0.39 is 29.7 Å². The van der Waals surface area contributed by atoms with Crippen LogP contribution in [0.25, 0.3) is 0 Å². The second-order valence-corrected chi connectivity index (χ2v) is 6.60. The molecule has 25 heavy (non-hydrogen) atoms. The van der Waals surface area contributed by atoms with Gasteiger partial charge < -0.3 is 19.7 Å². The van der Waals surface area contributed by atoms with Gasteiger partial charge in [-0.3, -0.25) is 14.3 Å². The van der Waals surface area contributed by atoms with Gasteiger partial charge in [0.05, 0.1) is 18.3 Å². The molecule has 9 heteroatoms. The van der Waals surface area contributed by atoms with Crippen LogP contribution >= 0.6 is 15.9 Å². The number of benzene rings is 1. The van der Waals surface area contributed by atoms with Crippen molar-refractivity contribution in [2.75, 3.05) is 6.61 Å². The van der Waals surface area contributed by atoms with Crippen molar-refractivity contribution in [1.82, 2.24) is 9.55 Å². The highest BCUT2D eigenvalue weighted by molar-refractivity contribution is 9.10. The minimum Gasteiger partial charge on any atom is -0.489 e. The van der Waals surface area contributed by atoms with E-state index in [1.165, 1.54) is 10.8 Å². The van der Waals surface area contributed by atoms with Gasteiger partial charge in [0.1, 0.15) is 24.7 Å². The summed E-state index contributed by atoms with van der Waals surface area (Å²) >= 11 is 3.33. The predicted octanol–water partition coefficient (Wildman–Crippen LogP) is 0.519. The van der Waals surface area contributed by atoms with E-state index in [-0.39, 0.29) is 25.2 Å². The molecule has 3 N–H and O–H groups in total. The molecule has 0 bridgehead atoms. The lowest BCUT2D eigenvalue weighted by Crippen LogP contribution is -2.34. The second-order valence-electron chi connectivity index (χ2n) is 5.68. The Morgan fingerprint density at radius 2 is 2.20 bits per heavy atom. The summed E-state index contributed by atoms with van der Waals surface area (Å²) in [6, 6.07) is 7.15. The van der Waals surface area contributed by atoms with Gasteiger partial charge in [-0.1, -0.05) is 22.0 Å². The van der Waals surface area contributed by atoms with Crippen LogP contribution in [-0.4, -0.2) is 38.6 Å². The van der Waals surface area contributed by atoms with Crippen molar-refractivity contribution in [3.8, 4) is 5.75 Å². The smallest absolute Gasteiger partial charge is 0.330 e. The maximum Gasteiger partial charge on any atom is 0.330 e. The number of nitrogens with one attached hydrogen (secondary N) is 1. The summed E-state index contributed by atoms with van der Waals surface area (Å²) in [5, 5.41) is 19.0. The number of aliphatic hydroxyl groups excluding tert-OH is 2. The molecule has 134 valence electrons. The molecule has 1 aromatic carbocycles. The number of rotatable bonds is 5. The highest BCUT2D eigenvalue weighted by atomic mass is 79.9. The SMILES string of the molecule is O=c1[nH]c(=O)n([C@H]2C[C@H](O)[C@@H](CO)O2)cc1COc1cccc(Br)c1. The number of halogens is 1. The summed E-state index contributed by atoms with van der Waals surface area (Å²) in [6.07, 6.45) is -0.902. The normalized spacial score (nSPS) is 22.9. The van der Waals surface area contributed by atoms with Crippen LogP contribution in [0.5, 0.6) is 5.75 Å². The molecule has 0 spiro atoms. The molecule has 0 aliphatic carbocycles. The van der Waals surface area contributed by atoms with Crippen LogP contribution in [-0.2, 0) is 11.3 Å². The number of H-pyrrole nitrogens is 1. The minimum atomic E-state index is -0.879. The first-order valence-corrected chi connectivity index (χ1v) is 8.44. The van der Waals surface area contributed by atoms with Crippen molar-refractivity contribution >= 4 is 15.9 Å². The van der Waals surface area contributed by atoms with Crippen LogP contribution in [0.3, 0.4) is 0 Å². The summed E-state index contributed by atoms with van der Waals surface area (Å²) in [5.41, 5.74) is -0.953. The lowest BCUT2D eigenvalue weighted by atomic mass is 10.2. The van der Waals surface area contributed by atoms with Crippen molar-refractivity contribution < 1.29 is 19.7 Å². The van der Waals surface area contributed by atoms with Crippen molar-refractivity contribution in [2.45, 2.75) is 31.5 Å². The molecule has 8 nitrogen and oxygen atoms in total.